The molecule has 2 nitrogen and oxygen atoms in total. The van der Waals surface area contributed by atoms with Gasteiger partial charge in [0.1, 0.15) is 11.6 Å². The van der Waals surface area contributed by atoms with Crippen molar-refractivity contribution < 1.29 is 13.6 Å². The molecule has 0 aromatic heterocycles. The highest BCUT2D eigenvalue weighted by Gasteiger charge is 2.32. The van der Waals surface area contributed by atoms with Crippen LogP contribution < -0.4 is 4.90 Å². The van der Waals surface area contributed by atoms with Crippen molar-refractivity contribution in [2.24, 2.45) is 5.41 Å². The first-order valence-corrected chi connectivity index (χ1v) is 7.60. The van der Waals surface area contributed by atoms with Crippen LogP contribution >= 0.6 is 0 Å². The zero-order valence-electron chi connectivity index (χ0n) is 13.4. The largest absolute Gasteiger partial charge is 0.309 e. The number of amides is 1. The van der Waals surface area contributed by atoms with Gasteiger partial charge in [-0.2, -0.15) is 0 Å². The highest BCUT2D eigenvalue weighted by Crippen LogP contribution is 2.29. The minimum Gasteiger partial charge on any atom is -0.309 e. The van der Waals surface area contributed by atoms with Crippen LogP contribution in [0, 0.1) is 17.0 Å². The summed E-state index contributed by atoms with van der Waals surface area (Å²) in [7, 11) is 0. The summed E-state index contributed by atoms with van der Waals surface area (Å²) in [6.45, 7) is 8.16. The summed E-state index contributed by atoms with van der Waals surface area (Å²) < 4.78 is 27.1. The maximum Gasteiger partial charge on any atom is 0.232 e. The first kappa shape index (κ1) is 17.6. The van der Waals surface area contributed by atoms with Gasteiger partial charge >= 0.3 is 0 Å². The summed E-state index contributed by atoms with van der Waals surface area (Å²) in [6.07, 6.45) is 3.46. The molecule has 0 N–H and O–H groups in total. The van der Waals surface area contributed by atoms with Crippen LogP contribution in [-0.4, -0.2) is 12.5 Å². The number of carbonyl (C=O) groups is 1. The third kappa shape index (κ3) is 4.51. The summed E-state index contributed by atoms with van der Waals surface area (Å²) in [6, 6.07) is 3.37. The van der Waals surface area contributed by atoms with Crippen molar-refractivity contribution in [1.82, 2.24) is 0 Å². The normalized spacial score (nSPS) is 11.5. The van der Waals surface area contributed by atoms with E-state index in [2.05, 4.69) is 6.92 Å². The Hall–Kier alpha value is -1.45. The van der Waals surface area contributed by atoms with Crippen LogP contribution in [0.5, 0.6) is 0 Å². The van der Waals surface area contributed by atoms with Crippen molar-refractivity contribution in [3.05, 3.63) is 29.8 Å². The lowest BCUT2D eigenvalue weighted by molar-refractivity contribution is -0.126. The number of nitrogens with zero attached hydrogens (tertiary/aromatic N) is 1. The molecule has 0 radical (unpaired) electrons. The Morgan fingerprint density at radius 3 is 2.38 bits per heavy atom. The second-order valence-electron chi connectivity index (χ2n) is 6.00. The molecule has 4 heteroatoms. The fourth-order valence-corrected chi connectivity index (χ4v) is 2.07. The average molecular weight is 297 g/mol. The minimum absolute atomic E-state index is 0.119. The van der Waals surface area contributed by atoms with E-state index in [1.165, 1.54) is 17.0 Å². The Bertz CT molecular complexity index is 486. The summed E-state index contributed by atoms with van der Waals surface area (Å²) in [5, 5.41) is 0. The van der Waals surface area contributed by atoms with Gasteiger partial charge in [0.25, 0.3) is 0 Å². The molecule has 0 saturated carbocycles. The van der Waals surface area contributed by atoms with Gasteiger partial charge in [0.05, 0.1) is 5.69 Å². The highest BCUT2D eigenvalue weighted by molar-refractivity contribution is 5.97. The smallest absolute Gasteiger partial charge is 0.232 e. The topological polar surface area (TPSA) is 20.3 Å². The van der Waals surface area contributed by atoms with E-state index in [4.69, 9.17) is 0 Å². The summed E-state index contributed by atoms with van der Waals surface area (Å²) in [5.41, 5.74) is -0.397. The molecular formula is C17H25F2NO. The molecule has 0 unspecified atom stereocenters. The van der Waals surface area contributed by atoms with Crippen molar-refractivity contribution >= 4 is 11.6 Å². The molecule has 0 spiro atoms. The Kier molecular flexibility index (Phi) is 6.31. The number of hydrogen-bond acceptors (Lipinski definition) is 1. The molecule has 0 aliphatic heterocycles. The van der Waals surface area contributed by atoms with Crippen LogP contribution in [0.1, 0.15) is 53.4 Å². The van der Waals surface area contributed by atoms with E-state index in [0.717, 1.165) is 25.3 Å². The molecule has 0 atom stereocenters. The number of unbranched alkanes of at least 4 members (excludes halogenated alkanes) is 2. The Labute approximate surface area is 126 Å². The number of carbonyl (C=O) groups excluding carboxylic acids is 1. The highest BCUT2D eigenvalue weighted by atomic mass is 19.1. The van der Waals surface area contributed by atoms with Gasteiger partial charge in [-0.1, -0.05) is 40.5 Å². The van der Waals surface area contributed by atoms with Crippen LogP contribution in [0.15, 0.2) is 18.2 Å². The number of rotatable bonds is 7. The van der Waals surface area contributed by atoms with E-state index >= 15 is 0 Å². The van der Waals surface area contributed by atoms with E-state index in [1.54, 1.807) is 0 Å². The van der Waals surface area contributed by atoms with Crippen molar-refractivity contribution in [2.45, 2.75) is 53.4 Å². The van der Waals surface area contributed by atoms with E-state index in [9.17, 15) is 13.6 Å². The second-order valence-corrected chi connectivity index (χ2v) is 6.00. The monoisotopic (exact) mass is 297 g/mol. The Balaban J connectivity index is 3.09. The number of benzene rings is 1. The molecular weight excluding hydrogens is 272 g/mol. The van der Waals surface area contributed by atoms with Gasteiger partial charge in [0.15, 0.2) is 0 Å². The lowest BCUT2D eigenvalue weighted by Crippen LogP contribution is -2.42. The standard InChI is InChI=1S/C17H25F2NO/c1-5-7-8-11-20(16(21)17(3,4)6-2)15-10-9-13(18)12-14(15)19/h9-10,12H,5-8,11H2,1-4H3. The third-order valence-corrected chi connectivity index (χ3v) is 3.89. The first-order chi connectivity index (χ1) is 9.83. The summed E-state index contributed by atoms with van der Waals surface area (Å²) in [5.74, 6) is -1.44. The number of hydrogen-bond donors (Lipinski definition) is 0. The molecule has 21 heavy (non-hydrogen) atoms. The van der Waals surface area contributed by atoms with Gasteiger partial charge in [-0.15, -0.1) is 0 Å². The molecule has 1 rings (SSSR count). The molecule has 0 heterocycles. The van der Waals surface area contributed by atoms with Crippen molar-refractivity contribution in [3.8, 4) is 0 Å². The van der Waals surface area contributed by atoms with Gasteiger partial charge in [0.2, 0.25) is 5.91 Å². The molecule has 0 aliphatic carbocycles. The van der Waals surface area contributed by atoms with E-state index < -0.39 is 17.0 Å². The van der Waals surface area contributed by atoms with Crippen molar-refractivity contribution in [2.75, 3.05) is 11.4 Å². The van der Waals surface area contributed by atoms with Gasteiger partial charge in [-0.05, 0) is 25.0 Å². The van der Waals surface area contributed by atoms with Gasteiger partial charge in [-0.3, -0.25) is 4.79 Å². The van der Waals surface area contributed by atoms with Gasteiger partial charge in [0, 0.05) is 18.0 Å². The van der Waals surface area contributed by atoms with E-state index in [-0.39, 0.29) is 11.6 Å². The minimum atomic E-state index is -0.688. The molecule has 118 valence electrons. The Morgan fingerprint density at radius 1 is 1.19 bits per heavy atom. The summed E-state index contributed by atoms with van der Waals surface area (Å²) >= 11 is 0. The lowest BCUT2D eigenvalue weighted by atomic mass is 9.88. The van der Waals surface area contributed by atoms with Crippen LogP contribution in [0.2, 0.25) is 0 Å². The van der Waals surface area contributed by atoms with Crippen LogP contribution in [-0.2, 0) is 4.79 Å². The zero-order chi connectivity index (χ0) is 16.0. The van der Waals surface area contributed by atoms with Crippen LogP contribution in [0.4, 0.5) is 14.5 Å². The van der Waals surface area contributed by atoms with Crippen LogP contribution in [0.25, 0.3) is 0 Å². The Morgan fingerprint density at radius 2 is 1.86 bits per heavy atom. The quantitative estimate of drug-likeness (QED) is 0.654. The summed E-state index contributed by atoms with van der Waals surface area (Å²) in [4.78, 5) is 14.2. The predicted octanol–water partition coefficient (Wildman–Crippen LogP) is 4.92. The first-order valence-electron chi connectivity index (χ1n) is 7.60. The lowest BCUT2D eigenvalue weighted by Gasteiger charge is -2.31. The molecule has 0 bridgehead atoms. The fraction of sp³-hybridized carbons (Fsp3) is 0.588. The fourth-order valence-electron chi connectivity index (χ4n) is 2.07. The van der Waals surface area contributed by atoms with Crippen molar-refractivity contribution in [1.29, 1.82) is 0 Å². The van der Waals surface area contributed by atoms with E-state index in [0.29, 0.717) is 13.0 Å². The predicted molar refractivity (Wildman–Crippen MR) is 82.3 cm³/mol. The maximum atomic E-state index is 14.0. The molecule has 1 aromatic carbocycles. The number of halogens is 2. The van der Waals surface area contributed by atoms with E-state index in [1.807, 2.05) is 20.8 Å². The van der Waals surface area contributed by atoms with Gasteiger partial charge in [-0.25, -0.2) is 8.78 Å². The molecule has 1 amide bonds. The molecule has 0 fully saturated rings. The average Bonchev–Trinajstić information content (AvgIpc) is 2.44. The SMILES string of the molecule is CCCCCN(C(=O)C(C)(C)CC)c1ccc(F)cc1F. The number of anilines is 1. The third-order valence-electron chi connectivity index (χ3n) is 3.89. The maximum absolute atomic E-state index is 14.0. The molecule has 0 saturated heterocycles. The zero-order valence-corrected chi connectivity index (χ0v) is 13.4. The second kappa shape index (κ2) is 7.53. The molecule has 1 aromatic rings. The molecule has 0 aliphatic rings. The van der Waals surface area contributed by atoms with Gasteiger partial charge < -0.3 is 4.90 Å². The van der Waals surface area contributed by atoms with Crippen LogP contribution in [0.3, 0.4) is 0 Å². The van der Waals surface area contributed by atoms with Crippen molar-refractivity contribution in [3.63, 3.8) is 0 Å².